The molecule has 0 aromatic carbocycles. The van der Waals surface area contributed by atoms with E-state index in [1.54, 1.807) is 0 Å². The van der Waals surface area contributed by atoms with Crippen molar-refractivity contribution in [1.82, 2.24) is 0 Å². The van der Waals surface area contributed by atoms with Crippen LogP contribution in [0.1, 0.15) is 70.2 Å². The first-order valence-electron chi connectivity index (χ1n) is 5.77. The number of hydrogen-bond acceptors (Lipinski definition) is 2. The van der Waals surface area contributed by atoms with Crippen LogP contribution in [-0.2, 0) is 9.47 Å². The molecule has 0 aromatic heterocycles. The summed E-state index contributed by atoms with van der Waals surface area (Å²) in [7, 11) is 0. The highest BCUT2D eigenvalue weighted by atomic mass is 16.5. The Bertz CT molecular complexity index is 253. The van der Waals surface area contributed by atoms with Gasteiger partial charge in [0, 0.05) is 6.42 Å². The molecule has 0 N–H and O–H groups in total. The molecule has 0 unspecified atom stereocenters. The normalized spacial score (nSPS) is 9.20. The Hall–Kier alpha value is -0.960. The maximum absolute atomic E-state index is 5.33. The lowest BCUT2D eigenvalue weighted by Gasteiger charge is -2.18. The van der Waals surface area contributed by atoms with Gasteiger partial charge in [0.15, 0.2) is 0 Å². The van der Waals surface area contributed by atoms with E-state index in [4.69, 9.17) is 22.3 Å². The SMILES string of the molecule is C.C.C.C#CCCOC(C)(C)C.C#CCOC(C)(C)C. The summed E-state index contributed by atoms with van der Waals surface area (Å²) in [6.07, 6.45) is 10.7. The molecule has 0 fully saturated rings. The van der Waals surface area contributed by atoms with Crippen molar-refractivity contribution >= 4 is 0 Å². The van der Waals surface area contributed by atoms with E-state index in [0.717, 1.165) is 0 Å². The number of hydrogen-bond donors (Lipinski definition) is 0. The molecule has 0 saturated heterocycles. The van der Waals surface area contributed by atoms with Crippen molar-refractivity contribution in [2.24, 2.45) is 0 Å². The Labute approximate surface area is 129 Å². The van der Waals surface area contributed by atoms with E-state index < -0.39 is 0 Å². The van der Waals surface area contributed by atoms with E-state index in [9.17, 15) is 0 Å². The van der Waals surface area contributed by atoms with Crippen LogP contribution in [0.5, 0.6) is 0 Å². The summed E-state index contributed by atoms with van der Waals surface area (Å²) in [4.78, 5) is 0. The van der Waals surface area contributed by atoms with Crippen LogP contribution in [0.3, 0.4) is 0 Å². The third kappa shape index (κ3) is 43.5. The molecule has 0 bridgehead atoms. The summed E-state index contributed by atoms with van der Waals surface area (Å²) in [6.45, 7) is 13.1. The first-order valence-corrected chi connectivity index (χ1v) is 5.77. The van der Waals surface area contributed by atoms with Crippen LogP contribution >= 0.6 is 0 Å². The van der Waals surface area contributed by atoms with Crippen LogP contribution in [-0.4, -0.2) is 24.4 Å². The summed E-state index contributed by atoms with van der Waals surface area (Å²) in [6, 6.07) is 0. The molecule has 0 heterocycles. The molecule has 0 aliphatic carbocycles. The second-order valence-electron chi connectivity index (χ2n) is 5.52. The monoisotopic (exact) mass is 286 g/mol. The number of rotatable bonds is 3. The summed E-state index contributed by atoms with van der Waals surface area (Å²) >= 11 is 0. The van der Waals surface area contributed by atoms with Crippen molar-refractivity contribution in [2.75, 3.05) is 13.2 Å². The second-order valence-corrected chi connectivity index (χ2v) is 5.52. The van der Waals surface area contributed by atoms with Crippen LogP contribution in [0.15, 0.2) is 0 Å². The zero-order valence-electron chi connectivity index (χ0n) is 12.1. The van der Waals surface area contributed by atoms with Gasteiger partial charge in [-0.1, -0.05) is 28.2 Å². The van der Waals surface area contributed by atoms with E-state index in [1.165, 1.54) is 0 Å². The quantitative estimate of drug-likeness (QED) is 0.526. The fourth-order valence-electron chi connectivity index (χ4n) is 0.674. The van der Waals surface area contributed by atoms with Gasteiger partial charge in [-0.3, -0.25) is 0 Å². The van der Waals surface area contributed by atoms with Crippen molar-refractivity contribution in [1.29, 1.82) is 0 Å². The van der Waals surface area contributed by atoms with Gasteiger partial charge in [-0.2, -0.15) is 0 Å². The van der Waals surface area contributed by atoms with E-state index >= 15 is 0 Å². The molecule has 0 amide bonds. The summed E-state index contributed by atoms with van der Waals surface area (Å²) < 4.78 is 10.5. The van der Waals surface area contributed by atoms with Gasteiger partial charge < -0.3 is 9.47 Å². The molecule has 0 radical (unpaired) electrons. The zero-order valence-corrected chi connectivity index (χ0v) is 12.1. The average Bonchev–Trinajstić information content (AvgIpc) is 2.13. The molecular formula is C18H38O2. The molecule has 0 spiro atoms. The van der Waals surface area contributed by atoms with Gasteiger partial charge in [-0.25, -0.2) is 0 Å². The minimum Gasteiger partial charge on any atom is -0.375 e. The Morgan fingerprint density at radius 1 is 0.750 bits per heavy atom. The van der Waals surface area contributed by atoms with Gasteiger partial charge in [0.1, 0.15) is 6.61 Å². The van der Waals surface area contributed by atoms with Gasteiger partial charge >= 0.3 is 0 Å². The Balaban J connectivity index is -0.0000000655. The molecule has 122 valence electrons. The molecule has 2 heteroatoms. The highest BCUT2D eigenvalue weighted by Gasteiger charge is 2.08. The average molecular weight is 286 g/mol. The summed E-state index contributed by atoms with van der Waals surface area (Å²) in [5, 5.41) is 0. The lowest BCUT2D eigenvalue weighted by molar-refractivity contribution is 0.000603. The van der Waals surface area contributed by atoms with Crippen molar-refractivity contribution < 1.29 is 9.47 Å². The van der Waals surface area contributed by atoms with Crippen LogP contribution in [0.4, 0.5) is 0 Å². The first kappa shape index (κ1) is 31.4. The van der Waals surface area contributed by atoms with Crippen molar-refractivity contribution in [3.63, 3.8) is 0 Å². The maximum atomic E-state index is 5.33. The lowest BCUT2D eigenvalue weighted by Crippen LogP contribution is -2.19. The van der Waals surface area contributed by atoms with Crippen molar-refractivity contribution in [3.8, 4) is 24.7 Å². The maximum Gasteiger partial charge on any atom is 0.108 e. The first-order chi connectivity index (χ1) is 7.62. The molecular weight excluding hydrogens is 248 g/mol. The molecule has 0 rings (SSSR count). The largest absolute Gasteiger partial charge is 0.375 e. The fraction of sp³-hybridized carbons (Fsp3) is 0.778. The highest BCUT2D eigenvalue weighted by Crippen LogP contribution is 2.06. The second kappa shape index (κ2) is 16.1. The minimum absolute atomic E-state index is 0. The molecule has 0 atom stereocenters. The smallest absolute Gasteiger partial charge is 0.108 e. The van der Waals surface area contributed by atoms with Crippen LogP contribution in [0.25, 0.3) is 0 Å². The third-order valence-corrected chi connectivity index (χ3v) is 1.37. The Morgan fingerprint density at radius 2 is 1.15 bits per heavy atom. The molecule has 0 saturated carbocycles. The molecule has 0 aromatic rings. The van der Waals surface area contributed by atoms with Gasteiger partial charge in [0.05, 0.1) is 17.8 Å². The standard InChI is InChI=1S/C8H14O.C7H12O.3CH4/c1-5-6-7-9-8(2,3)4;1-5-6-8-7(2,3)4;;;/h1H,6-7H2,2-4H3;1H,6H2,2-4H3;3*1H4. The highest BCUT2D eigenvalue weighted by molar-refractivity contribution is 4.84. The van der Waals surface area contributed by atoms with Gasteiger partial charge in [0.25, 0.3) is 0 Å². The third-order valence-electron chi connectivity index (χ3n) is 1.37. The van der Waals surface area contributed by atoms with Crippen molar-refractivity contribution in [2.45, 2.75) is 81.4 Å². The van der Waals surface area contributed by atoms with E-state index in [0.29, 0.717) is 19.6 Å². The Morgan fingerprint density at radius 3 is 1.35 bits per heavy atom. The summed E-state index contributed by atoms with van der Waals surface area (Å²) in [5.41, 5.74) is -0.136. The molecule has 0 aliphatic heterocycles. The van der Waals surface area contributed by atoms with Gasteiger partial charge in [-0.15, -0.1) is 18.8 Å². The molecule has 20 heavy (non-hydrogen) atoms. The zero-order chi connectivity index (χ0) is 13.9. The Kier molecular flexibility index (Phi) is 25.3. The predicted octanol–water partition coefficient (Wildman–Crippen LogP) is 5.17. The van der Waals surface area contributed by atoms with Gasteiger partial charge in [0.2, 0.25) is 0 Å². The van der Waals surface area contributed by atoms with E-state index in [-0.39, 0.29) is 33.5 Å². The fourth-order valence-corrected chi connectivity index (χ4v) is 0.674. The molecule has 2 nitrogen and oxygen atoms in total. The predicted molar refractivity (Wildman–Crippen MR) is 93.9 cm³/mol. The number of terminal acetylenes is 2. The van der Waals surface area contributed by atoms with E-state index in [1.807, 2.05) is 41.5 Å². The molecule has 0 aliphatic rings. The minimum atomic E-state index is -0.0909. The van der Waals surface area contributed by atoms with Crippen LogP contribution in [0.2, 0.25) is 0 Å². The number of ether oxygens (including phenoxy) is 2. The van der Waals surface area contributed by atoms with Crippen LogP contribution < -0.4 is 0 Å². The van der Waals surface area contributed by atoms with E-state index in [2.05, 4.69) is 11.8 Å². The summed E-state index contributed by atoms with van der Waals surface area (Å²) in [5.74, 6) is 4.92. The van der Waals surface area contributed by atoms with Crippen LogP contribution in [0, 0.1) is 24.7 Å². The topological polar surface area (TPSA) is 18.5 Å². The van der Waals surface area contributed by atoms with Gasteiger partial charge in [-0.05, 0) is 41.5 Å². The van der Waals surface area contributed by atoms with Crippen molar-refractivity contribution in [3.05, 3.63) is 0 Å². The lowest BCUT2D eigenvalue weighted by atomic mass is 10.2.